The highest BCUT2D eigenvalue weighted by molar-refractivity contribution is 5.20. The number of likely N-dealkylation sites (N-methyl/N-ethyl adjacent to an activating group) is 1. The summed E-state index contributed by atoms with van der Waals surface area (Å²) in [6, 6.07) is 7.04. The lowest BCUT2D eigenvalue weighted by molar-refractivity contribution is 0.219. The van der Waals surface area contributed by atoms with Crippen LogP contribution in [-0.2, 0) is 0 Å². The van der Waals surface area contributed by atoms with Crippen LogP contribution in [0.1, 0.15) is 11.6 Å². The monoisotopic (exact) mass is 237 g/mol. The minimum Gasteiger partial charge on any atom is -0.314 e. The first-order valence-electron chi connectivity index (χ1n) is 6.15. The molecule has 0 radical (unpaired) electrons. The van der Waals surface area contributed by atoms with Crippen LogP contribution in [0.2, 0.25) is 0 Å². The lowest BCUT2D eigenvalue weighted by Gasteiger charge is -2.31. The van der Waals surface area contributed by atoms with E-state index in [1.54, 1.807) is 0 Å². The quantitative estimate of drug-likeness (QED) is 0.818. The normalized spacial score (nSPS) is 19.2. The molecule has 0 aromatic heterocycles. The fraction of sp³-hybridized carbons (Fsp3) is 0.538. The van der Waals surface area contributed by atoms with Crippen LogP contribution in [-0.4, -0.2) is 44.7 Å². The Bertz CT molecular complexity index is 333. The van der Waals surface area contributed by atoms with E-state index in [-0.39, 0.29) is 11.9 Å². The zero-order valence-electron chi connectivity index (χ0n) is 10.2. The molecule has 1 fully saturated rings. The SMILES string of the molecule is CNC(CN1CCNCC1)c1ccc(F)cc1. The lowest BCUT2D eigenvalue weighted by Crippen LogP contribution is -2.46. The second kappa shape index (κ2) is 6.10. The van der Waals surface area contributed by atoms with Gasteiger partial charge in [-0.05, 0) is 24.7 Å². The summed E-state index contributed by atoms with van der Waals surface area (Å²) in [6.45, 7) is 5.25. The molecule has 1 aromatic rings. The van der Waals surface area contributed by atoms with Crippen molar-refractivity contribution in [2.75, 3.05) is 39.8 Å². The van der Waals surface area contributed by atoms with Gasteiger partial charge in [0, 0.05) is 38.8 Å². The number of hydrogen-bond donors (Lipinski definition) is 2. The van der Waals surface area contributed by atoms with Crippen LogP contribution in [0, 0.1) is 5.82 Å². The van der Waals surface area contributed by atoms with Gasteiger partial charge in [0.05, 0.1) is 0 Å². The summed E-state index contributed by atoms with van der Waals surface area (Å²) >= 11 is 0. The average Bonchev–Trinajstić information content (AvgIpc) is 2.38. The maximum atomic E-state index is 12.9. The van der Waals surface area contributed by atoms with Crippen molar-refractivity contribution in [1.82, 2.24) is 15.5 Å². The summed E-state index contributed by atoms with van der Waals surface area (Å²) in [6.07, 6.45) is 0. The molecule has 0 amide bonds. The molecule has 3 nitrogen and oxygen atoms in total. The first-order valence-corrected chi connectivity index (χ1v) is 6.15. The van der Waals surface area contributed by atoms with Crippen LogP contribution >= 0.6 is 0 Å². The van der Waals surface area contributed by atoms with E-state index in [1.807, 2.05) is 19.2 Å². The molecule has 0 spiro atoms. The van der Waals surface area contributed by atoms with Crippen molar-refractivity contribution in [2.24, 2.45) is 0 Å². The van der Waals surface area contributed by atoms with Crippen molar-refractivity contribution in [2.45, 2.75) is 6.04 Å². The summed E-state index contributed by atoms with van der Waals surface area (Å²) in [4.78, 5) is 2.43. The molecule has 2 rings (SSSR count). The Morgan fingerprint density at radius 2 is 1.94 bits per heavy atom. The molecule has 94 valence electrons. The fourth-order valence-corrected chi connectivity index (χ4v) is 2.21. The lowest BCUT2D eigenvalue weighted by atomic mass is 10.1. The molecule has 0 aliphatic carbocycles. The highest BCUT2D eigenvalue weighted by Gasteiger charge is 2.16. The number of nitrogens with one attached hydrogen (secondary N) is 2. The van der Waals surface area contributed by atoms with Gasteiger partial charge in [0.25, 0.3) is 0 Å². The minimum absolute atomic E-state index is 0.175. The van der Waals surface area contributed by atoms with Gasteiger partial charge in [0.2, 0.25) is 0 Å². The van der Waals surface area contributed by atoms with Crippen LogP contribution in [0.25, 0.3) is 0 Å². The van der Waals surface area contributed by atoms with Crippen LogP contribution in [0.15, 0.2) is 24.3 Å². The zero-order chi connectivity index (χ0) is 12.1. The van der Waals surface area contributed by atoms with E-state index in [9.17, 15) is 4.39 Å². The van der Waals surface area contributed by atoms with Crippen molar-refractivity contribution in [3.63, 3.8) is 0 Å². The molecule has 0 bridgehead atoms. The molecule has 2 N–H and O–H groups in total. The van der Waals surface area contributed by atoms with Gasteiger partial charge in [-0.2, -0.15) is 0 Å². The number of rotatable bonds is 4. The Morgan fingerprint density at radius 1 is 1.29 bits per heavy atom. The van der Waals surface area contributed by atoms with Crippen LogP contribution in [0.5, 0.6) is 0 Å². The number of benzene rings is 1. The Kier molecular flexibility index (Phi) is 4.48. The van der Waals surface area contributed by atoms with Gasteiger partial charge < -0.3 is 10.6 Å². The highest BCUT2D eigenvalue weighted by atomic mass is 19.1. The van der Waals surface area contributed by atoms with Gasteiger partial charge in [0.1, 0.15) is 5.82 Å². The molecule has 1 atom stereocenters. The first-order chi connectivity index (χ1) is 8.29. The molecule has 1 heterocycles. The fourth-order valence-electron chi connectivity index (χ4n) is 2.21. The molecule has 1 aromatic carbocycles. The molecule has 1 saturated heterocycles. The van der Waals surface area contributed by atoms with Crippen molar-refractivity contribution in [3.8, 4) is 0 Å². The van der Waals surface area contributed by atoms with E-state index >= 15 is 0 Å². The third kappa shape index (κ3) is 3.49. The van der Waals surface area contributed by atoms with E-state index < -0.39 is 0 Å². The van der Waals surface area contributed by atoms with Crippen LogP contribution in [0.3, 0.4) is 0 Å². The Hall–Kier alpha value is -0.970. The van der Waals surface area contributed by atoms with E-state index in [0.29, 0.717) is 0 Å². The van der Waals surface area contributed by atoms with Crippen molar-refractivity contribution >= 4 is 0 Å². The molecule has 17 heavy (non-hydrogen) atoms. The van der Waals surface area contributed by atoms with Crippen LogP contribution in [0.4, 0.5) is 4.39 Å². The summed E-state index contributed by atoms with van der Waals surface area (Å²) in [7, 11) is 1.95. The standard InChI is InChI=1S/C13H20FN3/c1-15-13(10-17-8-6-16-7-9-17)11-2-4-12(14)5-3-11/h2-5,13,15-16H,6-10H2,1H3. The second-order valence-electron chi connectivity index (χ2n) is 4.44. The molecule has 1 unspecified atom stereocenters. The van der Waals surface area contributed by atoms with E-state index in [2.05, 4.69) is 15.5 Å². The summed E-state index contributed by atoms with van der Waals surface area (Å²) in [5, 5.41) is 6.64. The third-order valence-electron chi connectivity index (χ3n) is 3.27. The van der Waals surface area contributed by atoms with Gasteiger partial charge in [-0.15, -0.1) is 0 Å². The van der Waals surface area contributed by atoms with Gasteiger partial charge in [-0.1, -0.05) is 12.1 Å². The maximum absolute atomic E-state index is 12.9. The first kappa shape index (κ1) is 12.5. The average molecular weight is 237 g/mol. The minimum atomic E-state index is -0.175. The van der Waals surface area contributed by atoms with Crippen molar-refractivity contribution in [3.05, 3.63) is 35.6 Å². The molecular weight excluding hydrogens is 217 g/mol. The number of hydrogen-bond acceptors (Lipinski definition) is 3. The summed E-state index contributed by atoms with van der Waals surface area (Å²) < 4.78 is 12.9. The van der Waals surface area contributed by atoms with E-state index in [4.69, 9.17) is 0 Å². The summed E-state index contributed by atoms with van der Waals surface area (Å²) in [5.41, 5.74) is 1.15. The maximum Gasteiger partial charge on any atom is 0.123 e. The number of piperazine rings is 1. The number of halogens is 1. The van der Waals surface area contributed by atoms with Crippen LogP contribution < -0.4 is 10.6 Å². The van der Waals surface area contributed by atoms with Gasteiger partial charge in [0.15, 0.2) is 0 Å². The predicted molar refractivity (Wildman–Crippen MR) is 67.5 cm³/mol. The van der Waals surface area contributed by atoms with E-state index in [0.717, 1.165) is 38.3 Å². The predicted octanol–water partition coefficient (Wildman–Crippen LogP) is 0.991. The number of nitrogens with zero attached hydrogens (tertiary/aromatic N) is 1. The molecule has 1 aliphatic heterocycles. The molecular formula is C13H20FN3. The Balaban J connectivity index is 1.97. The smallest absolute Gasteiger partial charge is 0.123 e. The zero-order valence-corrected chi connectivity index (χ0v) is 10.2. The third-order valence-corrected chi connectivity index (χ3v) is 3.27. The van der Waals surface area contributed by atoms with E-state index in [1.165, 1.54) is 12.1 Å². The largest absolute Gasteiger partial charge is 0.314 e. The molecule has 4 heteroatoms. The Labute approximate surface area is 102 Å². The van der Waals surface area contributed by atoms with Crippen molar-refractivity contribution < 1.29 is 4.39 Å². The van der Waals surface area contributed by atoms with Gasteiger partial charge in [-0.3, -0.25) is 4.90 Å². The molecule has 0 saturated carbocycles. The van der Waals surface area contributed by atoms with Gasteiger partial charge >= 0.3 is 0 Å². The second-order valence-corrected chi connectivity index (χ2v) is 4.44. The summed E-state index contributed by atoms with van der Waals surface area (Å²) in [5.74, 6) is -0.175. The Morgan fingerprint density at radius 3 is 2.53 bits per heavy atom. The van der Waals surface area contributed by atoms with Crippen molar-refractivity contribution in [1.29, 1.82) is 0 Å². The van der Waals surface area contributed by atoms with Gasteiger partial charge in [-0.25, -0.2) is 4.39 Å². The highest BCUT2D eigenvalue weighted by Crippen LogP contribution is 2.15. The topological polar surface area (TPSA) is 27.3 Å². The molecule has 1 aliphatic rings.